The van der Waals surface area contributed by atoms with E-state index < -0.39 is 0 Å². The van der Waals surface area contributed by atoms with E-state index >= 15 is 0 Å². The van der Waals surface area contributed by atoms with Gasteiger partial charge in [0.05, 0.1) is 18.9 Å². The summed E-state index contributed by atoms with van der Waals surface area (Å²) in [6, 6.07) is 13.4. The fourth-order valence-electron chi connectivity index (χ4n) is 6.17. The predicted molar refractivity (Wildman–Crippen MR) is 180 cm³/mol. The van der Waals surface area contributed by atoms with Crippen LogP contribution in [0.1, 0.15) is 153 Å². The van der Waals surface area contributed by atoms with Crippen molar-refractivity contribution in [3.05, 3.63) is 53.7 Å². The molecule has 0 N–H and O–H groups in total. The Morgan fingerprint density at radius 3 is 1.62 bits per heavy atom. The van der Waals surface area contributed by atoms with Gasteiger partial charge in [0.15, 0.2) is 6.29 Å². The Balaban J connectivity index is 1.22. The fraction of sp³-hybridized carbons (Fsp3) is 0.718. The van der Waals surface area contributed by atoms with Crippen LogP contribution in [0.3, 0.4) is 0 Å². The highest BCUT2D eigenvalue weighted by Gasteiger charge is 2.21. The fourth-order valence-corrected chi connectivity index (χ4v) is 6.17. The Labute approximate surface area is 259 Å². The summed E-state index contributed by atoms with van der Waals surface area (Å²) in [7, 11) is 0. The molecule has 0 spiro atoms. The molecule has 1 aliphatic rings. The molecular formula is C39H63NO2. The normalized spacial score (nSPS) is 17.1. The zero-order valence-corrected chi connectivity index (χ0v) is 27.4. The topological polar surface area (TPSA) is 31.4 Å². The van der Waals surface area contributed by atoms with Gasteiger partial charge in [-0.05, 0) is 42.9 Å². The molecule has 42 heavy (non-hydrogen) atoms. The highest BCUT2D eigenvalue weighted by molar-refractivity contribution is 5.59. The summed E-state index contributed by atoms with van der Waals surface area (Å²) in [5, 5.41) is 0. The molecule has 0 saturated carbocycles. The summed E-state index contributed by atoms with van der Waals surface area (Å²) in [6.07, 6.45) is 31.2. The molecule has 3 heteroatoms. The first-order chi connectivity index (χ1) is 20.8. The third-order valence-corrected chi connectivity index (χ3v) is 9.06. The predicted octanol–water partition coefficient (Wildman–Crippen LogP) is 11.7. The van der Waals surface area contributed by atoms with E-state index in [-0.39, 0.29) is 6.29 Å². The first-order valence-electron chi connectivity index (χ1n) is 18.1. The van der Waals surface area contributed by atoms with Gasteiger partial charge < -0.3 is 9.47 Å². The molecule has 1 aromatic carbocycles. The van der Waals surface area contributed by atoms with Gasteiger partial charge in [-0.1, -0.05) is 153 Å². The molecule has 2 heterocycles. The molecular weight excluding hydrogens is 514 g/mol. The van der Waals surface area contributed by atoms with E-state index in [1.54, 1.807) is 0 Å². The molecule has 0 aliphatic carbocycles. The van der Waals surface area contributed by atoms with E-state index in [2.05, 4.69) is 50.2 Å². The zero-order chi connectivity index (χ0) is 29.5. The van der Waals surface area contributed by atoms with Gasteiger partial charge in [-0.15, -0.1) is 0 Å². The smallest absolute Gasteiger partial charge is 0.157 e. The number of benzene rings is 1. The third-order valence-electron chi connectivity index (χ3n) is 9.06. The first-order valence-corrected chi connectivity index (χ1v) is 18.1. The van der Waals surface area contributed by atoms with Gasteiger partial charge in [0.25, 0.3) is 0 Å². The molecule has 1 aromatic heterocycles. The van der Waals surface area contributed by atoms with Crippen LogP contribution in [0.4, 0.5) is 0 Å². The van der Waals surface area contributed by atoms with Crippen LogP contribution in [-0.2, 0) is 22.3 Å². The largest absolute Gasteiger partial charge is 0.352 e. The Morgan fingerprint density at radius 1 is 0.548 bits per heavy atom. The number of aryl methyl sites for hydroxylation is 2. The van der Waals surface area contributed by atoms with E-state index in [1.165, 1.54) is 145 Å². The van der Waals surface area contributed by atoms with Crippen LogP contribution in [0.2, 0.25) is 0 Å². The minimum atomic E-state index is -0.0674. The number of pyridine rings is 1. The van der Waals surface area contributed by atoms with Crippen LogP contribution in [0.25, 0.3) is 11.3 Å². The average molecular weight is 578 g/mol. The van der Waals surface area contributed by atoms with E-state index in [1.807, 2.05) is 6.20 Å². The SMILES string of the molecule is CCCCCCCCCCCCC1COC(CCc2ccc(-c3ccc(CCCCCCCCCC)cc3)nc2)OC1. The van der Waals surface area contributed by atoms with Gasteiger partial charge in [0.2, 0.25) is 0 Å². The molecule has 0 amide bonds. The number of rotatable bonds is 24. The van der Waals surface area contributed by atoms with E-state index in [0.717, 1.165) is 31.7 Å². The van der Waals surface area contributed by atoms with Crippen molar-refractivity contribution >= 4 is 0 Å². The number of ether oxygens (including phenoxy) is 2. The van der Waals surface area contributed by atoms with Crippen LogP contribution in [0.5, 0.6) is 0 Å². The maximum atomic E-state index is 6.08. The molecule has 0 unspecified atom stereocenters. The number of aromatic nitrogens is 1. The van der Waals surface area contributed by atoms with Crippen LogP contribution in [0, 0.1) is 5.92 Å². The van der Waals surface area contributed by atoms with Gasteiger partial charge in [-0.25, -0.2) is 0 Å². The standard InChI is InChI=1S/C39H63NO2/c1-3-5-7-9-11-13-14-16-18-20-22-36-32-41-39(42-33-36)30-26-35-25-29-38(40-31-35)37-27-23-34(24-28-37)21-19-17-15-12-10-8-6-4-2/h23-25,27-29,31,36,39H,3-22,26,30,32-33H2,1-2H3. The zero-order valence-electron chi connectivity index (χ0n) is 27.4. The van der Waals surface area contributed by atoms with Gasteiger partial charge in [0.1, 0.15) is 0 Å². The van der Waals surface area contributed by atoms with E-state index in [4.69, 9.17) is 14.5 Å². The summed E-state index contributed by atoms with van der Waals surface area (Å²) >= 11 is 0. The van der Waals surface area contributed by atoms with Crippen molar-refractivity contribution in [1.82, 2.24) is 4.98 Å². The monoisotopic (exact) mass is 577 g/mol. The number of hydrogen-bond donors (Lipinski definition) is 0. The van der Waals surface area contributed by atoms with Gasteiger partial charge in [-0.3, -0.25) is 4.98 Å². The molecule has 1 aliphatic heterocycles. The van der Waals surface area contributed by atoms with Crippen molar-refractivity contribution in [2.45, 2.75) is 161 Å². The van der Waals surface area contributed by atoms with Crippen LogP contribution in [-0.4, -0.2) is 24.5 Å². The van der Waals surface area contributed by atoms with Crippen molar-refractivity contribution in [2.75, 3.05) is 13.2 Å². The maximum absolute atomic E-state index is 6.08. The molecule has 0 atom stereocenters. The number of hydrogen-bond acceptors (Lipinski definition) is 3. The van der Waals surface area contributed by atoms with Crippen molar-refractivity contribution in [3.8, 4) is 11.3 Å². The lowest BCUT2D eigenvalue weighted by Crippen LogP contribution is -2.32. The summed E-state index contributed by atoms with van der Waals surface area (Å²) in [5.41, 5.74) is 4.95. The highest BCUT2D eigenvalue weighted by atomic mass is 16.7. The summed E-state index contributed by atoms with van der Waals surface area (Å²) in [4.78, 5) is 4.77. The molecule has 1 saturated heterocycles. The molecule has 2 aromatic rings. The molecule has 1 fully saturated rings. The van der Waals surface area contributed by atoms with Crippen LogP contribution in [0.15, 0.2) is 42.6 Å². The molecule has 3 nitrogen and oxygen atoms in total. The second kappa shape index (κ2) is 22.8. The summed E-state index contributed by atoms with van der Waals surface area (Å²) in [5.74, 6) is 0.572. The van der Waals surface area contributed by atoms with Crippen LogP contribution < -0.4 is 0 Å². The number of unbranched alkanes of at least 4 members (excludes halogenated alkanes) is 16. The Morgan fingerprint density at radius 2 is 1.07 bits per heavy atom. The Kier molecular flexibility index (Phi) is 18.9. The Hall–Kier alpha value is -1.71. The van der Waals surface area contributed by atoms with E-state index in [9.17, 15) is 0 Å². The quantitative estimate of drug-likeness (QED) is 0.116. The highest BCUT2D eigenvalue weighted by Crippen LogP contribution is 2.23. The van der Waals surface area contributed by atoms with Crippen molar-refractivity contribution < 1.29 is 9.47 Å². The van der Waals surface area contributed by atoms with Gasteiger partial charge in [0, 0.05) is 24.1 Å². The van der Waals surface area contributed by atoms with Gasteiger partial charge >= 0.3 is 0 Å². The molecule has 236 valence electrons. The van der Waals surface area contributed by atoms with E-state index in [0.29, 0.717) is 5.92 Å². The summed E-state index contributed by atoms with van der Waals surface area (Å²) < 4.78 is 12.2. The Bertz CT molecular complexity index is 886. The first kappa shape index (κ1) is 34.8. The molecule has 0 bridgehead atoms. The number of nitrogens with zero attached hydrogens (tertiary/aromatic N) is 1. The second-order valence-corrected chi connectivity index (χ2v) is 12.9. The van der Waals surface area contributed by atoms with Crippen molar-refractivity contribution in [1.29, 1.82) is 0 Å². The summed E-state index contributed by atoms with van der Waals surface area (Å²) in [6.45, 7) is 6.29. The van der Waals surface area contributed by atoms with Gasteiger partial charge in [-0.2, -0.15) is 0 Å². The lowest BCUT2D eigenvalue weighted by atomic mass is 10.0. The average Bonchev–Trinajstić information content (AvgIpc) is 3.03. The lowest BCUT2D eigenvalue weighted by Gasteiger charge is -2.29. The van der Waals surface area contributed by atoms with Crippen molar-refractivity contribution in [3.63, 3.8) is 0 Å². The molecule has 0 radical (unpaired) electrons. The minimum absolute atomic E-state index is 0.0674. The van der Waals surface area contributed by atoms with Crippen LogP contribution >= 0.6 is 0 Å². The van der Waals surface area contributed by atoms with Crippen molar-refractivity contribution in [2.24, 2.45) is 5.92 Å². The second-order valence-electron chi connectivity index (χ2n) is 12.9. The minimum Gasteiger partial charge on any atom is -0.352 e. The third kappa shape index (κ3) is 15.1. The lowest BCUT2D eigenvalue weighted by molar-refractivity contribution is -0.203. The maximum Gasteiger partial charge on any atom is 0.157 e. The molecule has 3 rings (SSSR count).